The molecule has 0 aliphatic rings. The van der Waals surface area contributed by atoms with E-state index in [0.717, 1.165) is 20.3 Å². The van der Waals surface area contributed by atoms with Crippen LogP contribution in [0.3, 0.4) is 0 Å². The zero-order chi connectivity index (χ0) is 11.0. The Morgan fingerprint density at radius 2 is 2.20 bits per heavy atom. The molecule has 0 amide bonds. The molecule has 80 valence electrons. The van der Waals surface area contributed by atoms with Crippen LogP contribution in [0.4, 0.5) is 0 Å². The minimum Gasteiger partial charge on any atom is -0.457 e. The van der Waals surface area contributed by atoms with Gasteiger partial charge in [0.1, 0.15) is 0 Å². The Balaban J connectivity index is 2.31. The van der Waals surface area contributed by atoms with Gasteiger partial charge in [0.15, 0.2) is 4.67 Å². The molecule has 2 aromatic heterocycles. The van der Waals surface area contributed by atoms with Crippen molar-refractivity contribution < 1.29 is 4.42 Å². The number of thiophene rings is 1. The van der Waals surface area contributed by atoms with Crippen molar-refractivity contribution in [2.45, 2.75) is 12.3 Å². The molecule has 1 atom stereocenters. The zero-order valence-corrected chi connectivity index (χ0v) is 11.7. The number of hydrogen-bond donors (Lipinski definition) is 0. The van der Waals surface area contributed by atoms with E-state index in [-0.39, 0.29) is 5.38 Å². The Kier molecular flexibility index (Phi) is 3.45. The number of furan rings is 1. The fourth-order valence-corrected chi connectivity index (χ4v) is 3.12. The number of halogens is 3. The summed E-state index contributed by atoms with van der Waals surface area (Å²) in [6, 6.07) is 3.87. The first-order valence-electron chi connectivity index (χ1n) is 4.21. The predicted molar refractivity (Wildman–Crippen MR) is 68.2 cm³/mol. The maximum absolute atomic E-state index is 6.30. The van der Waals surface area contributed by atoms with Crippen LogP contribution in [0.5, 0.6) is 0 Å². The average molecular weight is 326 g/mol. The molecule has 0 aliphatic heterocycles. The van der Waals surface area contributed by atoms with Gasteiger partial charge in [0.05, 0.1) is 16.0 Å². The van der Waals surface area contributed by atoms with E-state index in [1.165, 1.54) is 11.3 Å². The molecule has 0 saturated heterocycles. The van der Waals surface area contributed by atoms with Gasteiger partial charge in [-0.2, -0.15) is 0 Å². The normalized spacial score (nSPS) is 13.1. The molecule has 15 heavy (non-hydrogen) atoms. The molecule has 0 bridgehead atoms. The van der Waals surface area contributed by atoms with Crippen LogP contribution in [0, 0.1) is 6.92 Å². The molecule has 0 aliphatic carbocycles. The van der Waals surface area contributed by atoms with Crippen LogP contribution < -0.4 is 0 Å². The highest BCUT2D eigenvalue weighted by atomic mass is 79.9. The highest BCUT2D eigenvalue weighted by Crippen LogP contribution is 2.38. The SMILES string of the molecule is Cc1cc(C(Cl)c2coc(Br)c2)sc1Cl. The standard InChI is InChI=1S/C10H7BrCl2OS/c1-5-2-7(15-10(5)13)9(12)6-3-8(11)14-4-6/h2-4,9H,1H3. The van der Waals surface area contributed by atoms with Crippen molar-refractivity contribution in [2.24, 2.45) is 0 Å². The second-order valence-electron chi connectivity index (χ2n) is 3.15. The average Bonchev–Trinajstić information content (AvgIpc) is 2.74. The summed E-state index contributed by atoms with van der Waals surface area (Å²) >= 11 is 17.0. The third kappa shape index (κ3) is 2.41. The minimum absolute atomic E-state index is 0.198. The molecule has 0 fully saturated rings. The van der Waals surface area contributed by atoms with E-state index in [1.54, 1.807) is 6.26 Å². The summed E-state index contributed by atoms with van der Waals surface area (Å²) in [7, 11) is 0. The first-order valence-corrected chi connectivity index (χ1v) is 6.64. The molecule has 1 nitrogen and oxygen atoms in total. The summed E-state index contributed by atoms with van der Waals surface area (Å²) < 4.78 is 6.62. The van der Waals surface area contributed by atoms with Crippen LogP contribution >= 0.6 is 50.5 Å². The molecule has 0 saturated carbocycles. The maximum Gasteiger partial charge on any atom is 0.169 e. The van der Waals surface area contributed by atoms with Crippen molar-refractivity contribution in [1.29, 1.82) is 0 Å². The number of alkyl halides is 1. The van der Waals surface area contributed by atoms with Gasteiger partial charge in [-0.05, 0) is 40.5 Å². The van der Waals surface area contributed by atoms with Gasteiger partial charge >= 0.3 is 0 Å². The molecule has 1 unspecified atom stereocenters. The first kappa shape index (κ1) is 11.5. The van der Waals surface area contributed by atoms with Crippen molar-refractivity contribution in [3.05, 3.63) is 43.4 Å². The Hall–Kier alpha value is 0.0400. The molecular weight excluding hydrogens is 319 g/mol. The second kappa shape index (κ2) is 4.50. The fraction of sp³-hybridized carbons (Fsp3) is 0.200. The monoisotopic (exact) mass is 324 g/mol. The van der Waals surface area contributed by atoms with Gasteiger partial charge in [0.25, 0.3) is 0 Å². The van der Waals surface area contributed by atoms with E-state index in [0.29, 0.717) is 4.67 Å². The van der Waals surface area contributed by atoms with Crippen molar-refractivity contribution in [3.63, 3.8) is 0 Å². The molecule has 5 heteroatoms. The molecule has 0 radical (unpaired) electrons. The highest BCUT2D eigenvalue weighted by Gasteiger charge is 2.16. The summed E-state index contributed by atoms with van der Waals surface area (Å²) in [5.41, 5.74) is 1.99. The van der Waals surface area contributed by atoms with Crippen LogP contribution in [0.15, 0.2) is 27.5 Å². The summed E-state index contributed by atoms with van der Waals surface area (Å²) in [5, 5.41) is -0.198. The van der Waals surface area contributed by atoms with Crippen LogP contribution in [-0.4, -0.2) is 0 Å². The van der Waals surface area contributed by atoms with Crippen molar-refractivity contribution in [3.8, 4) is 0 Å². The van der Waals surface area contributed by atoms with Gasteiger partial charge in [-0.3, -0.25) is 0 Å². The molecule has 2 heterocycles. The third-order valence-corrected chi connectivity index (χ3v) is 4.66. The van der Waals surface area contributed by atoms with Crippen molar-refractivity contribution in [2.75, 3.05) is 0 Å². The summed E-state index contributed by atoms with van der Waals surface area (Å²) in [4.78, 5) is 1.03. The Morgan fingerprint density at radius 3 is 2.67 bits per heavy atom. The van der Waals surface area contributed by atoms with E-state index in [2.05, 4.69) is 15.9 Å². The van der Waals surface area contributed by atoms with Gasteiger partial charge < -0.3 is 4.42 Å². The molecule has 2 aromatic rings. The molecule has 0 N–H and O–H groups in total. The Morgan fingerprint density at radius 1 is 1.47 bits per heavy atom. The third-order valence-electron chi connectivity index (χ3n) is 2.01. The highest BCUT2D eigenvalue weighted by molar-refractivity contribution is 9.10. The van der Waals surface area contributed by atoms with E-state index in [4.69, 9.17) is 27.6 Å². The predicted octanol–water partition coefficient (Wildman–Crippen LogP) is 5.39. The van der Waals surface area contributed by atoms with Gasteiger partial charge in [-0.15, -0.1) is 22.9 Å². The molecular formula is C10H7BrCl2OS. The van der Waals surface area contributed by atoms with Crippen LogP contribution in [-0.2, 0) is 0 Å². The van der Waals surface area contributed by atoms with Gasteiger partial charge in [0, 0.05) is 10.4 Å². The lowest BCUT2D eigenvalue weighted by Crippen LogP contribution is -1.85. The number of rotatable bonds is 2. The lowest BCUT2D eigenvalue weighted by molar-refractivity contribution is 0.539. The van der Waals surface area contributed by atoms with Gasteiger partial charge in [0.2, 0.25) is 0 Å². The van der Waals surface area contributed by atoms with Gasteiger partial charge in [-0.1, -0.05) is 11.6 Å². The van der Waals surface area contributed by atoms with Crippen LogP contribution in [0.2, 0.25) is 4.34 Å². The van der Waals surface area contributed by atoms with Crippen LogP contribution in [0.1, 0.15) is 21.4 Å². The quantitative estimate of drug-likeness (QED) is 0.674. The van der Waals surface area contributed by atoms with Gasteiger partial charge in [-0.25, -0.2) is 0 Å². The number of hydrogen-bond acceptors (Lipinski definition) is 2. The Labute approximate surface area is 110 Å². The molecule has 0 spiro atoms. The van der Waals surface area contributed by atoms with E-state index < -0.39 is 0 Å². The van der Waals surface area contributed by atoms with E-state index in [1.807, 2.05) is 19.1 Å². The number of aryl methyl sites for hydroxylation is 1. The van der Waals surface area contributed by atoms with E-state index in [9.17, 15) is 0 Å². The Bertz CT molecular complexity index is 458. The fourth-order valence-electron chi connectivity index (χ4n) is 1.23. The topological polar surface area (TPSA) is 13.1 Å². The summed E-state index contributed by atoms with van der Waals surface area (Å²) in [6.45, 7) is 1.97. The molecule has 2 rings (SSSR count). The smallest absolute Gasteiger partial charge is 0.169 e. The van der Waals surface area contributed by atoms with E-state index >= 15 is 0 Å². The molecule has 0 aromatic carbocycles. The lowest BCUT2D eigenvalue weighted by Gasteiger charge is -2.01. The largest absolute Gasteiger partial charge is 0.457 e. The van der Waals surface area contributed by atoms with Crippen LogP contribution in [0.25, 0.3) is 0 Å². The zero-order valence-electron chi connectivity index (χ0n) is 7.76. The van der Waals surface area contributed by atoms with Crippen molar-refractivity contribution >= 4 is 50.5 Å². The summed E-state index contributed by atoms with van der Waals surface area (Å²) in [6.07, 6.45) is 1.64. The maximum atomic E-state index is 6.30. The lowest BCUT2D eigenvalue weighted by atomic mass is 10.2. The van der Waals surface area contributed by atoms with Crippen molar-refractivity contribution in [1.82, 2.24) is 0 Å². The second-order valence-corrected chi connectivity index (χ2v) is 6.06. The first-order chi connectivity index (χ1) is 7.08. The summed E-state index contributed by atoms with van der Waals surface area (Å²) in [5.74, 6) is 0. The minimum atomic E-state index is -0.198.